The number of benzene rings is 2. The maximum Gasteiger partial charge on any atom is 0.279 e. The molecule has 1 amide bonds. The highest BCUT2D eigenvalue weighted by Gasteiger charge is 2.20. The van der Waals surface area contributed by atoms with Crippen LogP contribution in [-0.4, -0.2) is 20.9 Å². The molecule has 0 aliphatic carbocycles. The lowest BCUT2D eigenvalue weighted by Gasteiger charge is -2.13. The first-order chi connectivity index (χ1) is 13.5. The molecule has 140 valence electrons. The second-order valence-electron chi connectivity index (χ2n) is 6.57. The molecule has 0 saturated carbocycles. The summed E-state index contributed by atoms with van der Waals surface area (Å²) >= 11 is 1.41. The van der Waals surface area contributed by atoms with Crippen LogP contribution in [0.15, 0.2) is 65.5 Å². The highest BCUT2D eigenvalue weighted by atomic mass is 32.1. The third kappa shape index (κ3) is 3.44. The molecule has 0 bridgehead atoms. The lowest BCUT2D eigenvalue weighted by molar-refractivity contribution is -0.119. The molecule has 0 aliphatic rings. The van der Waals surface area contributed by atoms with Crippen molar-refractivity contribution >= 4 is 33.1 Å². The summed E-state index contributed by atoms with van der Waals surface area (Å²) in [6.07, 6.45) is 0. The zero-order valence-corrected chi connectivity index (χ0v) is 16.2. The number of hydrogen-bond donors (Lipinski definition) is 1. The van der Waals surface area contributed by atoms with Crippen molar-refractivity contribution in [2.75, 3.05) is 5.32 Å². The van der Waals surface area contributed by atoms with E-state index in [1.54, 1.807) is 6.92 Å². The molecular weight excluding hydrogens is 372 g/mol. The molecular formula is C21H18N4O2S. The van der Waals surface area contributed by atoms with Crippen molar-refractivity contribution in [2.45, 2.75) is 19.9 Å². The van der Waals surface area contributed by atoms with E-state index in [1.165, 1.54) is 11.3 Å². The lowest BCUT2D eigenvalue weighted by Crippen LogP contribution is -2.33. The van der Waals surface area contributed by atoms with Gasteiger partial charge in [-0.15, -0.1) is 16.4 Å². The number of carbonyl (C=O) groups excluding carboxylic acids is 1. The summed E-state index contributed by atoms with van der Waals surface area (Å²) in [4.78, 5) is 27.0. The minimum atomic E-state index is -0.786. The van der Waals surface area contributed by atoms with Crippen LogP contribution in [0.3, 0.4) is 0 Å². The van der Waals surface area contributed by atoms with Crippen LogP contribution in [0.5, 0.6) is 0 Å². The first-order valence-corrected chi connectivity index (χ1v) is 9.66. The van der Waals surface area contributed by atoms with E-state index in [0.29, 0.717) is 15.9 Å². The standard InChI is InChI=1S/C21H18N4O2S/c1-13-8-10-16(11-9-13)22-19(26)14(2)25-21(27)17-12-18(28-20(17)23-24-25)15-6-4-3-5-7-15/h3-12,14H,1-2H3,(H,22,26)/t14-/m0/s1. The molecule has 7 heteroatoms. The number of amides is 1. The topological polar surface area (TPSA) is 76.9 Å². The summed E-state index contributed by atoms with van der Waals surface area (Å²) < 4.78 is 1.13. The van der Waals surface area contributed by atoms with E-state index in [0.717, 1.165) is 20.7 Å². The third-order valence-electron chi connectivity index (χ3n) is 4.51. The van der Waals surface area contributed by atoms with Crippen LogP contribution in [-0.2, 0) is 4.79 Å². The maximum atomic E-state index is 12.9. The van der Waals surface area contributed by atoms with Gasteiger partial charge in [0.05, 0.1) is 5.39 Å². The van der Waals surface area contributed by atoms with Gasteiger partial charge in [-0.3, -0.25) is 9.59 Å². The van der Waals surface area contributed by atoms with E-state index >= 15 is 0 Å². The van der Waals surface area contributed by atoms with E-state index in [1.807, 2.05) is 67.6 Å². The molecule has 2 aromatic carbocycles. The molecule has 4 rings (SSSR count). The smallest absolute Gasteiger partial charge is 0.279 e. The van der Waals surface area contributed by atoms with Crippen LogP contribution in [0.2, 0.25) is 0 Å². The minimum absolute atomic E-state index is 0.321. The molecule has 0 fully saturated rings. The van der Waals surface area contributed by atoms with Crippen molar-refractivity contribution in [3.05, 3.63) is 76.6 Å². The summed E-state index contributed by atoms with van der Waals surface area (Å²) in [6, 6.07) is 18.3. The van der Waals surface area contributed by atoms with E-state index in [2.05, 4.69) is 15.6 Å². The Labute approximate surface area is 165 Å². The fourth-order valence-corrected chi connectivity index (χ4v) is 3.83. The van der Waals surface area contributed by atoms with Crippen LogP contribution in [0.25, 0.3) is 20.7 Å². The summed E-state index contributed by atoms with van der Waals surface area (Å²) in [5.74, 6) is -0.321. The fourth-order valence-electron chi connectivity index (χ4n) is 2.85. The van der Waals surface area contributed by atoms with Crippen LogP contribution < -0.4 is 10.9 Å². The van der Waals surface area contributed by atoms with E-state index in [9.17, 15) is 9.59 Å². The normalized spacial score (nSPS) is 12.1. The zero-order valence-electron chi connectivity index (χ0n) is 15.4. The van der Waals surface area contributed by atoms with Gasteiger partial charge in [-0.2, -0.15) is 4.68 Å². The number of aromatic nitrogens is 3. The van der Waals surface area contributed by atoms with Crippen molar-refractivity contribution < 1.29 is 4.79 Å². The summed E-state index contributed by atoms with van der Waals surface area (Å²) in [6.45, 7) is 3.61. The molecule has 28 heavy (non-hydrogen) atoms. The second kappa shape index (κ2) is 7.36. The van der Waals surface area contributed by atoms with Gasteiger partial charge in [0.15, 0.2) is 4.83 Å². The molecule has 0 unspecified atom stereocenters. The highest BCUT2D eigenvalue weighted by molar-refractivity contribution is 7.21. The largest absolute Gasteiger partial charge is 0.324 e. The molecule has 2 aromatic heterocycles. The number of carbonyl (C=O) groups is 1. The number of aryl methyl sites for hydroxylation is 1. The Kier molecular flexibility index (Phi) is 4.75. The first-order valence-electron chi connectivity index (χ1n) is 8.85. The van der Waals surface area contributed by atoms with E-state index in [4.69, 9.17) is 0 Å². The number of nitrogens with one attached hydrogen (secondary N) is 1. The van der Waals surface area contributed by atoms with E-state index in [-0.39, 0.29) is 11.5 Å². The van der Waals surface area contributed by atoms with Crippen molar-refractivity contribution in [1.82, 2.24) is 15.0 Å². The van der Waals surface area contributed by atoms with Gasteiger partial charge in [-0.25, -0.2) is 0 Å². The van der Waals surface area contributed by atoms with Crippen LogP contribution in [0.4, 0.5) is 5.69 Å². The SMILES string of the molecule is Cc1ccc(NC(=O)[C@H](C)n2nnc3sc(-c4ccccc4)cc3c2=O)cc1. The molecule has 0 saturated heterocycles. The molecule has 1 N–H and O–H groups in total. The van der Waals surface area contributed by atoms with E-state index < -0.39 is 6.04 Å². The van der Waals surface area contributed by atoms with Gasteiger partial charge >= 0.3 is 0 Å². The number of nitrogens with zero attached hydrogens (tertiary/aromatic N) is 3. The Hall–Kier alpha value is -3.32. The zero-order chi connectivity index (χ0) is 19.7. The molecule has 6 nitrogen and oxygen atoms in total. The Bertz CT molecular complexity index is 1200. The third-order valence-corrected chi connectivity index (χ3v) is 5.57. The molecule has 1 atom stereocenters. The molecule has 0 spiro atoms. The van der Waals surface area contributed by atoms with Crippen molar-refractivity contribution in [2.24, 2.45) is 0 Å². The Morgan fingerprint density at radius 2 is 1.82 bits per heavy atom. The number of hydrogen-bond acceptors (Lipinski definition) is 5. The van der Waals surface area contributed by atoms with Gasteiger partial charge in [-0.05, 0) is 37.6 Å². The first kappa shape index (κ1) is 18.1. The Balaban J connectivity index is 1.64. The molecule has 4 aromatic rings. The van der Waals surface area contributed by atoms with Crippen LogP contribution >= 0.6 is 11.3 Å². The molecule has 2 heterocycles. The van der Waals surface area contributed by atoms with Crippen LogP contribution in [0, 0.1) is 6.92 Å². The average Bonchev–Trinajstić information content (AvgIpc) is 3.15. The highest BCUT2D eigenvalue weighted by Crippen LogP contribution is 2.30. The minimum Gasteiger partial charge on any atom is -0.324 e. The Morgan fingerprint density at radius 1 is 1.11 bits per heavy atom. The van der Waals surface area contributed by atoms with Gasteiger partial charge in [-0.1, -0.05) is 53.2 Å². The van der Waals surface area contributed by atoms with Crippen molar-refractivity contribution in [3.8, 4) is 10.4 Å². The van der Waals surface area contributed by atoms with Gasteiger partial charge in [0.25, 0.3) is 5.56 Å². The quantitative estimate of drug-likeness (QED) is 0.571. The summed E-state index contributed by atoms with van der Waals surface area (Å²) in [5, 5.41) is 11.4. The second-order valence-corrected chi connectivity index (χ2v) is 7.60. The predicted octanol–water partition coefficient (Wildman–Crippen LogP) is 4.03. The van der Waals surface area contributed by atoms with Crippen molar-refractivity contribution in [1.29, 1.82) is 0 Å². The number of thiophene rings is 1. The van der Waals surface area contributed by atoms with Crippen molar-refractivity contribution in [3.63, 3.8) is 0 Å². The Morgan fingerprint density at radius 3 is 2.54 bits per heavy atom. The van der Waals surface area contributed by atoms with Gasteiger partial charge in [0, 0.05) is 10.6 Å². The molecule has 0 radical (unpaired) electrons. The van der Waals surface area contributed by atoms with Crippen LogP contribution in [0.1, 0.15) is 18.5 Å². The number of anilines is 1. The predicted molar refractivity (Wildman–Crippen MR) is 112 cm³/mol. The van der Waals surface area contributed by atoms with Gasteiger partial charge in [0.2, 0.25) is 5.91 Å². The number of fused-ring (bicyclic) bond motifs is 1. The fraction of sp³-hybridized carbons (Fsp3) is 0.143. The monoisotopic (exact) mass is 390 g/mol. The number of rotatable bonds is 4. The summed E-state index contributed by atoms with van der Waals surface area (Å²) in [7, 11) is 0. The summed E-state index contributed by atoms with van der Waals surface area (Å²) in [5.41, 5.74) is 2.47. The average molecular weight is 390 g/mol. The lowest BCUT2D eigenvalue weighted by atomic mass is 10.2. The van der Waals surface area contributed by atoms with Gasteiger partial charge in [0.1, 0.15) is 6.04 Å². The molecule has 0 aliphatic heterocycles. The van der Waals surface area contributed by atoms with Gasteiger partial charge < -0.3 is 5.32 Å². The maximum absolute atomic E-state index is 12.9.